The fourth-order valence-corrected chi connectivity index (χ4v) is 4.25. The molecule has 0 bridgehead atoms. The third-order valence-electron chi connectivity index (χ3n) is 5.69. The predicted octanol–water partition coefficient (Wildman–Crippen LogP) is 4.78. The van der Waals surface area contributed by atoms with E-state index >= 15 is 0 Å². The van der Waals surface area contributed by atoms with Crippen molar-refractivity contribution in [3.8, 4) is 0 Å². The molecule has 29 heavy (non-hydrogen) atoms. The van der Waals surface area contributed by atoms with Crippen LogP contribution in [0.25, 0.3) is 0 Å². The van der Waals surface area contributed by atoms with Crippen molar-refractivity contribution in [3.05, 3.63) is 107 Å². The van der Waals surface area contributed by atoms with E-state index in [4.69, 9.17) is 11.6 Å². The number of β-amino-alcohol motifs (C(OH)–C–C–N with tert-alkyl or cyclic N) is 1. The lowest BCUT2D eigenvalue weighted by molar-refractivity contribution is 0.0623. The third-order valence-corrected chi connectivity index (χ3v) is 5.94. The fraction of sp³-hybridized carbons (Fsp3) is 0.280. The van der Waals surface area contributed by atoms with Gasteiger partial charge in [0.05, 0.1) is 12.1 Å². The molecule has 0 aliphatic carbocycles. The zero-order valence-corrected chi connectivity index (χ0v) is 17.2. The summed E-state index contributed by atoms with van der Waals surface area (Å²) in [5.41, 5.74) is 3.57. The van der Waals surface area contributed by atoms with E-state index in [-0.39, 0.29) is 6.04 Å². The molecule has 1 fully saturated rings. The van der Waals surface area contributed by atoms with Crippen LogP contribution in [0.5, 0.6) is 0 Å². The highest BCUT2D eigenvalue weighted by Crippen LogP contribution is 2.29. The lowest BCUT2D eigenvalue weighted by atomic mass is 9.96. The molecule has 0 unspecified atom stereocenters. The fourth-order valence-electron chi connectivity index (χ4n) is 4.12. The molecule has 0 spiro atoms. The molecule has 3 nitrogen and oxygen atoms in total. The molecule has 1 N–H and O–H groups in total. The standard InChI is InChI=1S/C25H27ClN2O/c26-23-13-11-20(12-14-23)24(29)19-27-15-17-28(18-16-27)25(21-7-3-1-4-8-21)22-9-5-2-6-10-22/h1-14,24-25,29H,15-19H2/t24-/m0/s1. The zero-order chi connectivity index (χ0) is 20.1. The first-order valence-electron chi connectivity index (χ1n) is 10.2. The number of piperazine rings is 1. The van der Waals surface area contributed by atoms with Crippen LogP contribution in [0.1, 0.15) is 28.8 Å². The Bertz CT molecular complexity index is 838. The largest absolute Gasteiger partial charge is 0.387 e. The number of aliphatic hydroxyl groups excluding tert-OH is 1. The monoisotopic (exact) mass is 406 g/mol. The van der Waals surface area contributed by atoms with Gasteiger partial charge in [0.1, 0.15) is 0 Å². The van der Waals surface area contributed by atoms with Gasteiger partial charge in [-0.15, -0.1) is 0 Å². The van der Waals surface area contributed by atoms with Crippen molar-refractivity contribution in [2.24, 2.45) is 0 Å². The van der Waals surface area contributed by atoms with Crippen LogP contribution in [0, 0.1) is 0 Å². The van der Waals surface area contributed by atoms with E-state index < -0.39 is 6.10 Å². The average molecular weight is 407 g/mol. The first-order valence-corrected chi connectivity index (χ1v) is 10.6. The summed E-state index contributed by atoms with van der Waals surface area (Å²) in [4.78, 5) is 4.90. The van der Waals surface area contributed by atoms with Gasteiger partial charge in [0.15, 0.2) is 0 Å². The lowest BCUT2D eigenvalue weighted by Gasteiger charge is -2.40. The van der Waals surface area contributed by atoms with Crippen molar-refractivity contribution in [2.75, 3.05) is 32.7 Å². The molecule has 0 aromatic heterocycles. The Balaban J connectivity index is 1.42. The van der Waals surface area contributed by atoms with Crippen molar-refractivity contribution in [3.63, 3.8) is 0 Å². The Kier molecular flexibility index (Phi) is 6.63. The molecule has 0 radical (unpaired) electrons. The third kappa shape index (κ3) is 5.06. The second kappa shape index (κ2) is 9.55. The van der Waals surface area contributed by atoms with E-state index in [1.54, 1.807) is 0 Å². The van der Waals surface area contributed by atoms with Crippen LogP contribution in [0.4, 0.5) is 0 Å². The van der Waals surface area contributed by atoms with Gasteiger partial charge < -0.3 is 5.11 Å². The predicted molar refractivity (Wildman–Crippen MR) is 119 cm³/mol. The van der Waals surface area contributed by atoms with Gasteiger partial charge in [-0.2, -0.15) is 0 Å². The molecule has 150 valence electrons. The summed E-state index contributed by atoms with van der Waals surface area (Å²) in [5.74, 6) is 0. The van der Waals surface area contributed by atoms with Gasteiger partial charge in [-0.05, 0) is 28.8 Å². The Morgan fingerprint density at radius 2 is 1.21 bits per heavy atom. The van der Waals surface area contributed by atoms with E-state index in [0.29, 0.717) is 11.6 Å². The number of hydrogen-bond donors (Lipinski definition) is 1. The maximum Gasteiger partial charge on any atom is 0.0916 e. The van der Waals surface area contributed by atoms with Gasteiger partial charge in [0.2, 0.25) is 0 Å². The molecular formula is C25H27ClN2O. The molecular weight excluding hydrogens is 380 g/mol. The molecule has 3 aromatic carbocycles. The first kappa shape index (κ1) is 20.1. The highest BCUT2D eigenvalue weighted by atomic mass is 35.5. The summed E-state index contributed by atoms with van der Waals surface area (Å²) in [6.07, 6.45) is -0.488. The maximum atomic E-state index is 10.6. The van der Waals surface area contributed by atoms with E-state index in [1.807, 2.05) is 24.3 Å². The quantitative estimate of drug-likeness (QED) is 0.638. The van der Waals surface area contributed by atoms with Crippen LogP contribution in [-0.4, -0.2) is 47.6 Å². The summed E-state index contributed by atoms with van der Waals surface area (Å²) in [6, 6.07) is 29.2. The minimum atomic E-state index is -0.488. The van der Waals surface area contributed by atoms with Crippen molar-refractivity contribution < 1.29 is 5.11 Å². The Morgan fingerprint density at radius 3 is 1.72 bits per heavy atom. The van der Waals surface area contributed by atoms with Crippen molar-refractivity contribution in [2.45, 2.75) is 12.1 Å². The molecule has 1 heterocycles. The minimum Gasteiger partial charge on any atom is -0.387 e. The van der Waals surface area contributed by atoms with Crippen LogP contribution < -0.4 is 0 Å². The number of rotatable bonds is 6. The van der Waals surface area contributed by atoms with E-state index in [9.17, 15) is 5.11 Å². The van der Waals surface area contributed by atoms with Crippen LogP contribution in [0.15, 0.2) is 84.9 Å². The molecule has 1 atom stereocenters. The van der Waals surface area contributed by atoms with Gasteiger partial charge in [-0.3, -0.25) is 9.80 Å². The SMILES string of the molecule is O[C@@H](CN1CCN(C(c2ccccc2)c2ccccc2)CC1)c1ccc(Cl)cc1. The number of benzene rings is 3. The zero-order valence-electron chi connectivity index (χ0n) is 16.5. The van der Waals surface area contributed by atoms with Gasteiger partial charge >= 0.3 is 0 Å². The Hall–Kier alpha value is -2.17. The van der Waals surface area contributed by atoms with Crippen LogP contribution in [0.2, 0.25) is 5.02 Å². The van der Waals surface area contributed by atoms with Crippen molar-refractivity contribution >= 4 is 11.6 Å². The highest BCUT2D eigenvalue weighted by Gasteiger charge is 2.27. The Labute approximate surface area is 178 Å². The molecule has 1 saturated heterocycles. The van der Waals surface area contributed by atoms with E-state index in [1.165, 1.54) is 11.1 Å². The van der Waals surface area contributed by atoms with Gasteiger partial charge in [-0.25, -0.2) is 0 Å². The van der Waals surface area contributed by atoms with Crippen LogP contribution in [0.3, 0.4) is 0 Å². The number of halogens is 1. The van der Waals surface area contributed by atoms with Crippen molar-refractivity contribution in [1.29, 1.82) is 0 Å². The van der Waals surface area contributed by atoms with Crippen LogP contribution >= 0.6 is 11.6 Å². The molecule has 4 heteroatoms. The summed E-state index contributed by atoms with van der Waals surface area (Å²) < 4.78 is 0. The molecule has 0 amide bonds. The summed E-state index contributed by atoms with van der Waals surface area (Å²) in [7, 11) is 0. The first-order chi connectivity index (χ1) is 14.2. The van der Waals surface area contributed by atoms with Crippen molar-refractivity contribution in [1.82, 2.24) is 9.80 Å². The van der Waals surface area contributed by atoms with Gasteiger partial charge in [-0.1, -0.05) is 84.4 Å². The maximum absolute atomic E-state index is 10.6. The lowest BCUT2D eigenvalue weighted by Crippen LogP contribution is -2.48. The number of hydrogen-bond acceptors (Lipinski definition) is 3. The normalized spacial score (nSPS) is 16.8. The Morgan fingerprint density at radius 1 is 0.690 bits per heavy atom. The highest BCUT2D eigenvalue weighted by molar-refractivity contribution is 6.30. The smallest absolute Gasteiger partial charge is 0.0916 e. The van der Waals surface area contributed by atoms with Gasteiger partial charge in [0, 0.05) is 37.7 Å². The van der Waals surface area contributed by atoms with E-state index in [0.717, 1.165) is 31.7 Å². The molecule has 1 aliphatic rings. The number of nitrogens with zero attached hydrogens (tertiary/aromatic N) is 2. The molecule has 3 aromatic rings. The molecule has 0 saturated carbocycles. The summed E-state index contributed by atoms with van der Waals surface area (Å²) >= 11 is 5.96. The summed E-state index contributed by atoms with van der Waals surface area (Å²) in [6.45, 7) is 4.49. The second-order valence-corrected chi connectivity index (χ2v) is 8.06. The topological polar surface area (TPSA) is 26.7 Å². The van der Waals surface area contributed by atoms with E-state index in [2.05, 4.69) is 70.5 Å². The van der Waals surface area contributed by atoms with Gasteiger partial charge in [0.25, 0.3) is 0 Å². The second-order valence-electron chi connectivity index (χ2n) is 7.63. The average Bonchev–Trinajstić information content (AvgIpc) is 2.77. The molecule has 1 aliphatic heterocycles. The molecule has 4 rings (SSSR count). The minimum absolute atomic E-state index is 0.265. The summed E-state index contributed by atoms with van der Waals surface area (Å²) in [5, 5.41) is 11.3. The van der Waals surface area contributed by atoms with Crippen LogP contribution in [-0.2, 0) is 0 Å². The number of aliphatic hydroxyl groups is 1.